The molecule has 0 aliphatic heterocycles. The molecule has 14 rings (SSSR count). The summed E-state index contributed by atoms with van der Waals surface area (Å²) in [7, 11) is 0. The molecule has 0 aliphatic rings. The minimum absolute atomic E-state index is 0.903. The van der Waals surface area contributed by atoms with Crippen LogP contribution in [0, 0.1) is 0 Å². The van der Waals surface area contributed by atoms with Gasteiger partial charge >= 0.3 is 0 Å². The minimum Gasteiger partial charge on any atom is -0.455 e. The number of benzene rings is 13. The maximum absolute atomic E-state index is 6.47. The number of para-hydroxylation sites is 2. The maximum atomic E-state index is 6.47. The van der Waals surface area contributed by atoms with Gasteiger partial charge in [-0.05, 0) is 147 Å². The SMILES string of the molecule is c1ccc2c(c1)oc1c(-c3ccc(N(c4ccc(-c5ccc6c7ccccc7c7ccccc7c6c5)cc4)c4ccc(-c5ccc6c7ccccc7c7ccccc7c6c5)cc4)cc3)cccc12. The Bertz CT molecular complexity index is 4020. The van der Waals surface area contributed by atoms with Crippen LogP contribution in [-0.2, 0) is 0 Å². The van der Waals surface area contributed by atoms with E-state index >= 15 is 0 Å². The third kappa shape index (κ3) is 6.05. The maximum Gasteiger partial charge on any atom is 0.143 e. The fraction of sp³-hybridized carbons (Fsp3) is 0. The second-order valence-corrected chi connectivity index (χ2v) is 18.0. The van der Waals surface area contributed by atoms with E-state index in [9.17, 15) is 0 Å². The minimum atomic E-state index is 0.903. The summed E-state index contributed by atoms with van der Waals surface area (Å²) in [6.07, 6.45) is 0. The standard InChI is InChI=1S/C66H41NO/c1-3-16-55-51(12-1)53-14-5-7-18-57(53)63-40-45(30-38-59(55)63)42-24-32-47(33-25-42)67(49-36-28-44(29-37-49)50-21-11-22-62-61-20-9-10-23-65(61)68-66(50)62)48-34-26-43(27-35-48)46-31-39-60-56-17-4-2-13-52(56)54-15-6-8-19-58(54)64(60)41-46/h1-41H. The summed E-state index contributed by atoms with van der Waals surface area (Å²) in [6, 6.07) is 90.7. The number of hydrogen-bond acceptors (Lipinski definition) is 2. The molecule has 68 heavy (non-hydrogen) atoms. The van der Waals surface area contributed by atoms with Crippen molar-refractivity contribution in [2.24, 2.45) is 0 Å². The smallest absolute Gasteiger partial charge is 0.143 e. The van der Waals surface area contributed by atoms with Crippen LogP contribution in [0.5, 0.6) is 0 Å². The summed E-state index contributed by atoms with van der Waals surface area (Å²) in [5.74, 6) is 0. The van der Waals surface area contributed by atoms with E-state index < -0.39 is 0 Å². The van der Waals surface area contributed by atoms with Gasteiger partial charge in [0, 0.05) is 33.4 Å². The van der Waals surface area contributed by atoms with Crippen LogP contribution in [0.4, 0.5) is 17.1 Å². The first-order valence-corrected chi connectivity index (χ1v) is 23.4. The summed E-state index contributed by atoms with van der Waals surface area (Å²) < 4.78 is 6.47. The van der Waals surface area contributed by atoms with Crippen LogP contribution in [0.3, 0.4) is 0 Å². The van der Waals surface area contributed by atoms with Gasteiger partial charge in [0.05, 0.1) is 0 Å². The summed E-state index contributed by atoms with van der Waals surface area (Å²) in [4.78, 5) is 2.36. The van der Waals surface area contributed by atoms with E-state index in [0.29, 0.717) is 0 Å². The third-order valence-electron chi connectivity index (χ3n) is 14.2. The number of nitrogens with zero attached hydrogens (tertiary/aromatic N) is 1. The predicted octanol–water partition coefficient (Wildman–Crippen LogP) is 19.0. The predicted molar refractivity (Wildman–Crippen MR) is 290 cm³/mol. The molecule has 0 atom stereocenters. The van der Waals surface area contributed by atoms with Crippen LogP contribution < -0.4 is 4.90 Å². The molecule has 1 aromatic heterocycles. The largest absolute Gasteiger partial charge is 0.455 e. The first-order valence-electron chi connectivity index (χ1n) is 23.4. The van der Waals surface area contributed by atoms with Gasteiger partial charge in [-0.1, -0.05) is 194 Å². The van der Waals surface area contributed by atoms with E-state index in [0.717, 1.165) is 50.1 Å². The number of hydrogen-bond donors (Lipinski definition) is 0. The molecule has 0 spiro atoms. The van der Waals surface area contributed by atoms with E-state index in [2.05, 4.69) is 241 Å². The zero-order chi connectivity index (χ0) is 44.7. The van der Waals surface area contributed by atoms with Crippen molar-refractivity contribution in [3.8, 4) is 33.4 Å². The van der Waals surface area contributed by atoms with Crippen molar-refractivity contribution in [1.29, 1.82) is 0 Å². The molecule has 0 saturated heterocycles. The fourth-order valence-electron chi connectivity index (χ4n) is 11.0. The van der Waals surface area contributed by atoms with Crippen LogP contribution >= 0.6 is 0 Å². The van der Waals surface area contributed by atoms with Crippen LogP contribution in [-0.4, -0.2) is 0 Å². The topological polar surface area (TPSA) is 16.4 Å². The zero-order valence-corrected chi connectivity index (χ0v) is 37.0. The summed E-state index contributed by atoms with van der Waals surface area (Å²) in [5, 5.41) is 17.6. The molecule has 0 unspecified atom stereocenters. The summed E-state index contributed by atoms with van der Waals surface area (Å²) >= 11 is 0. The summed E-state index contributed by atoms with van der Waals surface area (Å²) in [5.41, 5.74) is 12.0. The zero-order valence-electron chi connectivity index (χ0n) is 37.0. The Morgan fingerprint density at radius 1 is 0.221 bits per heavy atom. The normalized spacial score (nSPS) is 11.8. The molecule has 2 heteroatoms. The highest BCUT2D eigenvalue weighted by atomic mass is 16.3. The Labute approximate surface area is 393 Å². The lowest BCUT2D eigenvalue weighted by atomic mass is 9.92. The van der Waals surface area contributed by atoms with Gasteiger partial charge in [-0.3, -0.25) is 0 Å². The van der Waals surface area contributed by atoms with Gasteiger partial charge in [-0.2, -0.15) is 0 Å². The molecule has 2 nitrogen and oxygen atoms in total. The van der Waals surface area contributed by atoms with E-state index in [-0.39, 0.29) is 0 Å². The molecule has 316 valence electrons. The molecular weight excluding hydrogens is 823 g/mol. The molecule has 0 aliphatic carbocycles. The first kappa shape index (κ1) is 38.3. The van der Waals surface area contributed by atoms with E-state index in [1.165, 1.54) is 86.9 Å². The summed E-state index contributed by atoms with van der Waals surface area (Å²) in [6.45, 7) is 0. The van der Waals surface area contributed by atoms with Crippen molar-refractivity contribution >= 4 is 104 Å². The molecule has 1 heterocycles. The van der Waals surface area contributed by atoms with Crippen LogP contribution in [0.15, 0.2) is 253 Å². The third-order valence-corrected chi connectivity index (χ3v) is 14.2. The van der Waals surface area contributed by atoms with E-state index in [1.54, 1.807) is 0 Å². The molecule has 0 saturated carbocycles. The highest BCUT2D eigenvalue weighted by Crippen LogP contribution is 2.43. The van der Waals surface area contributed by atoms with Crippen molar-refractivity contribution in [2.75, 3.05) is 4.90 Å². The Kier molecular flexibility index (Phi) is 8.62. The molecule has 0 N–H and O–H groups in total. The first-order chi connectivity index (χ1) is 33.7. The molecule has 0 amide bonds. The fourth-order valence-corrected chi connectivity index (χ4v) is 11.0. The molecule has 0 fully saturated rings. The van der Waals surface area contributed by atoms with Crippen LogP contribution in [0.1, 0.15) is 0 Å². The lowest BCUT2D eigenvalue weighted by Gasteiger charge is -2.26. The van der Waals surface area contributed by atoms with E-state index in [4.69, 9.17) is 4.42 Å². The number of fused-ring (bicyclic) bond motifs is 15. The Balaban J connectivity index is 0.868. The Hall–Kier alpha value is -8.98. The highest BCUT2D eigenvalue weighted by molar-refractivity contribution is 6.27. The quantitative estimate of drug-likeness (QED) is 0.155. The lowest BCUT2D eigenvalue weighted by molar-refractivity contribution is 0.670. The molecule has 14 aromatic rings. The number of furan rings is 1. The second kappa shape index (κ2) is 15.3. The Morgan fingerprint density at radius 3 is 0.971 bits per heavy atom. The lowest BCUT2D eigenvalue weighted by Crippen LogP contribution is -2.09. The van der Waals surface area contributed by atoms with Crippen molar-refractivity contribution in [2.45, 2.75) is 0 Å². The molecule has 13 aromatic carbocycles. The average Bonchev–Trinajstić information content (AvgIpc) is 3.81. The van der Waals surface area contributed by atoms with Crippen molar-refractivity contribution in [3.63, 3.8) is 0 Å². The van der Waals surface area contributed by atoms with Gasteiger partial charge in [0.15, 0.2) is 0 Å². The van der Waals surface area contributed by atoms with Crippen LogP contribution in [0.25, 0.3) is 120 Å². The van der Waals surface area contributed by atoms with Gasteiger partial charge in [-0.15, -0.1) is 0 Å². The van der Waals surface area contributed by atoms with Gasteiger partial charge in [0.2, 0.25) is 0 Å². The monoisotopic (exact) mass is 863 g/mol. The number of anilines is 3. The van der Waals surface area contributed by atoms with Gasteiger partial charge in [0.25, 0.3) is 0 Å². The molecular formula is C66H41NO. The van der Waals surface area contributed by atoms with Gasteiger partial charge in [-0.25, -0.2) is 0 Å². The van der Waals surface area contributed by atoms with E-state index in [1.807, 2.05) is 12.1 Å². The van der Waals surface area contributed by atoms with Crippen LogP contribution in [0.2, 0.25) is 0 Å². The van der Waals surface area contributed by atoms with Crippen molar-refractivity contribution in [1.82, 2.24) is 0 Å². The molecule has 0 radical (unpaired) electrons. The van der Waals surface area contributed by atoms with Gasteiger partial charge < -0.3 is 9.32 Å². The highest BCUT2D eigenvalue weighted by Gasteiger charge is 2.18. The second-order valence-electron chi connectivity index (χ2n) is 18.0. The van der Waals surface area contributed by atoms with Gasteiger partial charge in [0.1, 0.15) is 11.2 Å². The Morgan fingerprint density at radius 2 is 0.544 bits per heavy atom. The average molecular weight is 864 g/mol. The van der Waals surface area contributed by atoms with Crippen molar-refractivity contribution < 1.29 is 4.42 Å². The number of rotatable bonds is 6. The van der Waals surface area contributed by atoms with Crippen molar-refractivity contribution in [3.05, 3.63) is 249 Å². The molecule has 0 bridgehead atoms.